The normalized spacial score (nSPS) is 13.9. The van der Waals surface area contributed by atoms with Crippen LogP contribution in [0.25, 0.3) is 0 Å². The van der Waals surface area contributed by atoms with Crippen molar-refractivity contribution in [3.63, 3.8) is 0 Å². The molecule has 0 aromatic heterocycles. The van der Waals surface area contributed by atoms with Crippen LogP contribution in [0.4, 0.5) is 11.4 Å². The van der Waals surface area contributed by atoms with E-state index in [4.69, 9.17) is 10.5 Å². The van der Waals surface area contributed by atoms with E-state index in [1.807, 2.05) is 37.1 Å². The number of nitrogen functional groups attached to an aromatic ring is 1. The number of para-hydroxylation sites is 1. The predicted octanol–water partition coefficient (Wildman–Crippen LogP) is 1.77. The number of amides is 1. The molecule has 1 amide bonds. The van der Waals surface area contributed by atoms with Crippen molar-refractivity contribution in [2.45, 2.75) is 32.2 Å². The molecule has 0 aliphatic heterocycles. The summed E-state index contributed by atoms with van der Waals surface area (Å²) >= 11 is 0. The van der Waals surface area contributed by atoms with E-state index in [2.05, 4.69) is 5.32 Å². The predicted molar refractivity (Wildman–Crippen MR) is 81.1 cm³/mol. The third-order valence-electron chi connectivity index (χ3n) is 3.24. The van der Waals surface area contributed by atoms with Crippen LogP contribution < -0.4 is 20.7 Å². The molecule has 1 saturated carbocycles. The molecule has 0 atom stereocenters. The minimum atomic E-state index is 0.0364. The fourth-order valence-corrected chi connectivity index (χ4v) is 2.00. The van der Waals surface area contributed by atoms with Crippen molar-refractivity contribution in [3.05, 3.63) is 18.2 Å². The lowest BCUT2D eigenvalue weighted by molar-refractivity contribution is -0.119. The van der Waals surface area contributed by atoms with Crippen LogP contribution in [0.3, 0.4) is 0 Å². The molecule has 110 valence electrons. The second-order valence-corrected chi connectivity index (χ2v) is 5.24. The van der Waals surface area contributed by atoms with Crippen molar-refractivity contribution in [2.75, 3.05) is 30.8 Å². The lowest BCUT2D eigenvalue weighted by Crippen LogP contribution is -2.36. The number of hydrogen-bond acceptors (Lipinski definition) is 4. The topological polar surface area (TPSA) is 67.6 Å². The van der Waals surface area contributed by atoms with Crippen LogP contribution in [-0.4, -0.2) is 32.1 Å². The number of rotatable bonds is 7. The zero-order chi connectivity index (χ0) is 14.5. The smallest absolute Gasteiger partial charge is 0.239 e. The first-order valence-corrected chi connectivity index (χ1v) is 7.13. The molecule has 20 heavy (non-hydrogen) atoms. The van der Waals surface area contributed by atoms with Gasteiger partial charge in [0, 0.05) is 13.1 Å². The van der Waals surface area contributed by atoms with Crippen LogP contribution in [0, 0.1) is 0 Å². The number of benzene rings is 1. The number of ether oxygens (including phenoxy) is 1. The largest absolute Gasteiger partial charge is 0.491 e. The summed E-state index contributed by atoms with van der Waals surface area (Å²) in [5, 5.41) is 2.97. The average molecular weight is 277 g/mol. The molecule has 5 heteroatoms. The third-order valence-corrected chi connectivity index (χ3v) is 3.24. The van der Waals surface area contributed by atoms with Gasteiger partial charge >= 0.3 is 0 Å². The van der Waals surface area contributed by atoms with Crippen LogP contribution >= 0.6 is 0 Å². The quantitative estimate of drug-likeness (QED) is 0.745. The van der Waals surface area contributed by atoms with Gasteiger partial charge < -0.3 is 20.7 Å². The summed E-state index contributed by atoms with van der Waals surface area (Å²) < 4.78 is 5.60. The molecule has 0 spiro atoms. The molecule has 3 N–H and O–H groups in total. The SMILES string of the molecule is CCCOc1cccc(N(C)CC(=O)NC2CC2)c1N. The molecule has 1 aliphatic rings. The molecular formula is C15H23N3O2. The van der Waals surface area contributed by atoms with Crippen LogP contribution in [-0.2, 0) is 4.79 Å². The highest BCUT2D eigenvalue weighted by molar-refractivity contribution is 5.84. The van der Waals surface area contributed by atoms with Gasteiger partial charge in [0.2, 0.25) is 5.91 Å². The molecule has 0 heterocycles. The van der Waals surface area contributed by atoms with Gasteiger partial charge in [0.05, 0.1) is 24.5 Å². The van der Waals surface area contributed by atoms with Gasteiger partial charge in [0.25, 0.3) is 0 Å². The molecule has 0 bridgehead atoms. The van der Waals surface area contributed by atoms with Crippen LogP contribution in [0.15, 0.2) is 18.2 Å². The lowest BCUT2D eigenvalue weighted by Gasteiger charge is -2.22. The van der Waals surface area contributed by atoms with Crippen molar-refractivity contribution < 1.29 is 9.53 Å². The van der Waals surface area contributed by atoms with Gasteiger partial charge in [0.15, 0.2) is 0 Å². The number of nitrogens with one attached hydrogen (secondary N) is 1. The van der Waals surface area contributed by atoms with E-state index in [-0.39, 0.29) is 5.91 Å². The Bertz CT molecular complexity index is 472. The molecule has 0 radical (unpaired) electrons. The number of hydrogen-bond donors (Lipinski definition) is 2. The second-order valence-electron chi connectivity index (χ2n) is 5.24. The Hall–Kier alpha value is -1.91. The summed E-state index contributed by atoms with van der Waals surface area (Å²) in [6, 6.07) is 6.03. The van der Waals surface area contributed by atoms with Crippen LogP contribution in [0.5, 0.6) is 5.75 Å². The monoisotopic (exact) mass is 277 g/mol. The fourth-order valence-electron chi connectivity index (χ4n) is 2.00. The lowest BCUT2D eigenvalue weighted by atomic mass is 10.2. The number of anilines is 2. The van der Waals surface area contributed by atoms with E-state index >= 15 is 0 Å². The minimum Gasteiger partial charge on any atom is -0.491 e. The summed E-state index contributed by atoms with van der Waals surface area (Å²) in [5.74, 6) is 0.716. The van der Waals surface area contributed by atoms with Gasteiger partial charge in [-0.05, 0) is 31.4 Å². The van der Waals surface area contributed by atoms with Crippen LogP contribution in [0.1, 0.15) is 26.2 Å². The average Bonchev–Trinajstić information content (AvgIpc) is 3.21. The highest BCUT2D eigenvalue weighted by Crippen LogP contribution is 2.31. The molecular weight excluding hydrogens is 254 g/mol. The second kappa shape index (κ2) is 6.50. The first-order valence-electron chi connectivity index (χ1n) is 7.13. The number of carbonyl (C=O) groups is 1. The van der Waals surface area contributed by atoms with Crippen molar-refractivity contribution in [1.82, 2.24) is 5.32 Å². The van der Waals surface area contributed by atoms with Gasteiger partial charge in [-0.25, -0.2) is 0 Å². The van der Waals surface area contributed by atoms with Crippen molar-refractivity contribution in [3.8, 4) is 5.75 Å². The highest BCUT2D eigenvalue weighted by atomic mass is 16.5. The Balaban J connectivity index is 2.00. The van der Waals surface area contributed by atoms with Gasteiger partial charge in [-0.1, -0.05) is 13.0 Å². The Morgan fingerprint density at radius 1 is 1.50 bits per heavy atom. The number of nitrogens with two attached hydrogens (primary N) is 1. The molecule has 5 nitrogen and oxygen atoms in total. The Labute approximate surface area is 120 Å². The number of carbonyl (C=O) groups excluding carboxylic acids is 1. The zero-order valence-electron chi connectivity index (χ0n) is 12.2. The Morgan fingerprint density at radius 2 is 2.25 bits per heavy atom. The molecule has 2 rings (SSSR count). The maximum atomic E-state index is 11.8. The van der Waals surface area contributed by atoms with Gasteiger partial charge in [-0.3, -0.25) is 4.79 Å². The van der Waals surface area contributed by atoms with E-state index in [1.165, 1.54) is 0 Å². The highest BCUT2D eigenvalue weighted by Gasteiger charge is 2.24. The number of likely N-dealkylation sites (N-methyl/N-ethyl adjacent to an activating group) is 1. The molecule has 1 aromatic carbocycles. The van der Waals surface area contributed by atoms with E-state index in [9.17, 15) is 4.79 Å². The van der Waals surface area contributed by atoms with Gasteiger partial charge in [-0.2, -0.15) is 0 Å². The molecule has 1 aliphatic carbocycles. The first kappa shape index (κ1) is 14.5. The molecule has 1 fully saturated rings. The summed E-state index contributed by atoms with van der Waals surface area (Å²) in [6.45, 7) is 2.99. The molecule has 0 unspecified atom stereocenters. The van der Waals surface area contributed by atoms with Crippen LogP contribution in [0.2, 0.25) is 0 Å². The van der Waals surface area contributed by atoms with Gasteiger partial charge in [-0.15, -0.1) is 0 Å². The van der Waals surface area contributed by atoms with E-state index in [0.29, 0.717) is 30.6 Å². The van der Waals surface area contributed by atoms with E-state index in [0.717, 1.165) is 24.9 Å². The zero-order valence-corrected chi connectivity index (χ0v) is 12.2. The standard InChI is InChI=1S/C15H23N3O2/c1-3-9-20-13-6-4-5-12(15(13)16)18(2)10-14(19)17-11-7-8-11/h4-6,11H,3,7-10,16H2,1-2H3,(H,17,19). The van der Waals surface area contributed by atoms with Gasteiger partial charge in [0.1, 0.15) is 5.75 Å². The van der Waals surface area contributed by atoms with Crippen molar-refractivity contribution >= 4 is 17.3 Å². The maximum absolute atomic E-state index is 11.8. The minimum absolute atomic E-state index is 0.0364. The first-order chi connectivity index (χ1) is 9.61. The Kier molecular flexibility index (Phi) is 4.71. The van der Waals surface area contributed by atoms with E-state index < -0.39 is 0 Å². The molecule has 0 saturated heterocycles. The number of nitrogens with zero attached hydrogens (tertiary/aromatic N) is 1. The van der Waals surface area contributed by atoms with Crippen molar-refractivity contribution in [2.24, 2.45) is 0 Å². The van der Waals surface area contributed by atoms with Crippen molar-refractivity contribution in [1.29, 1.82) is 0 Å². The summed E-state index contributed by atoms with van der Waals surface area (Å²) in [5.41, 5.74) is 7.53. The summed E-state index contributed by atoms with van der Waals surface area (Å²) in [6.07, 6.45) is 3.12. The molecule has 1 aromatic rings. The van der Waals surface area contributed by atoms with E-state index in [1.54, 1.807) is 0 Å². The Morgan fingerprint density at radius 3 is 2.90 bits per heavy atom. The third kappa shape index (κ3) is 3.79. The fraction of sp³-hybridized carbons (Fsp3) is 0.533. The summed E-state index contributed by atoms with van der Waals surface area (Å²) in [7, 11) is 1.86. The summed E-state index contributed by atoms with van der Waals surface area (Å²) in [4.78, 5) is 13.7. The maximum Gasteiger partial charge on any atom is 0.239 e.